The summed E-state index contributed by atoms with van der Waals surface area (Å²) in [4.78, 5) is 0. The van der Waals surface area contributed by atoms with Crippen molar-refractivity contribution in [2.75, 3.05) is 5.73 Å². The van der Waals surface area contributed by atoms with Gasteiger partial charge in [0.15, 0.2) is 5.84 Å². The van der Waals surface area contributed by atoms with Gasteiger partial charge >= 0.3 is 0 Å². The van der Waals surface area contributed by atoms with Crippen LogP contribution in [0, 0.1) is 0 Å². The monoisotopic (exact) mass is 199 g/mol. The number of amidine groups is 1. The molecule has 0 aliphatic heterocycles. The molecule has 0 fully saturated rings. The molecule has 0 spiro atoms. The molecule has 0 saturated heterocycles. The maximum Gasteiger partial charge on any atom is 0.152 e. The van der Waals surface area contributed by atoms with Crippen LogP contribution in [0.3, 0.4) is 0 Å². The summed E-state index contributed by atoms with van der Waals surface area (Å²) in [6, 6.07) is 4.97. The molecule has 5 nitrogen and oxygen atoms in total. The lowest BCUT2D eigenvalue weighted by Gasteiger charge is -2.02. The van der Waals surface area contributed by atoms with E-state index in [0.29, 0.717) is 16.3 Å². The number of hydrogen-bond donors (Lipinski definition) is 4. The lowest BCUT2D eigenvalue weighted by molar-refractivity contribution is 0.804. The Kier molecular flexibility index (Phi) is 2.94. The van der Waals surface area contributed by atoms with Gasteiger partial charge in [0.2, 0.25) is 0 Å². The largest absolute Gasteiger partial charge is 0.398 e. The fourth-order valence-corrected chi connectivity index (χ4v) is 0.955. The van der Waals surface area contributed by atoms with E-state index in [1.807, 2.05) is 0 Å². The number of hydrogen-bond acceptors (Lipinski definition) is 4. The van der Waals surface area contributed by atoms with Gasteiger partial charge in [-0.15, -0.1) is 5.10 Å². The molecule has 0 bridgehead atoms. The van der Waals surface area contributed by atoms with E-state index in [2.05, 4.69) is 10.6 Å². The first-order valence-corrected chi connectivity index (χ1v) is 3.87. The molecule has 0 aliphatic rings. The van der Waals surface area contributed by atoms with Crippen molar-refractivity contribution in [3.05, 3.63) is 28.8 Å². The first-order valence-electron chi connectivity index (χ1n) is 3.49. The van der Waals surface area contributed by atoms with Crippen molar-refractivity contribution in [3.63, 3.8) is 0 Å². The van der Waals surface area contributed by atoms with Crippen molar-refractivity contribution < 1.29 is 0 Å². The van der Waals surface area contributed by atoms with Gasteiger partial charge in [-0.2, -0.15) is 0 Å². The summed E-state index contributed by atoms with van der Waals surface area (Å²) in [5.74, 6) is 5.22. The topological polar surface area (TPSA) is 102 Å². The van der Waals surface area contributed by atoms with Crippen LogP contribution in [0.15, 0.2) is 23.3 Å². The molecule has 0 radical (unpaired) electrons. The predicted octanol–water partition coefficient (Wildman–Crippen LogP) is 0.00580. The number of hydrazone groups is 1. The van der Waals surface area contributed by atoms with Crippen molar-refractivity contribution in [1.82, 2.24) is 5.53 Å². The zero-order chi connectivity index (χ0) is 9.84. The second-order valence-corrected chi connectivity index (χ2v) is 2.77. The number of benzene rings is 1. The summed E-state index contributed by atoms with van der Waals surface area (Å²) in [6.07, 6.45) is 0. The highest BCUT2D eigenvalue weighted by Crippen LogP contribution is 2.18. The van der Waals surface area contributed by atoms with Gasteiger partial charge in [-0.1, -0.05) is 11.6 Å². The highest BCUT2D eigenvalue weighted by atomic mass is 35.5. The van der Waals surface area contributed by atoms with Crippen LogP contribution in [0.5, 0.6) is 0 Å². The summed E-state index contributed by atoms with van der Waals surface area (Å²) < 4.78 is 0. The first-order chi connectivity index (χ1) is 6.15. The standard InChI is InChI=1S/C7H10ClN5/c8-5-2-1-4(3-6(5)9)7(10)12-13-11/h1-3,13H,9,11H2,(H2,10,12). The summed E-state index contributed by atoms with van der Waals surface area (Å²) in [5, 5.41) is 4.07. The van der Waals surface area contributed by atoms with E-state index in [4.69, 9.17) is 28.9 Å². The molecular formula is C7H10ClN5. The third-order valence-corrected chi connectivity index (χ3v) is 1.82. The number of nitrogen functional groups attached to an aromatic ring is 1. The van der Waals surface area contributed by atoms with Crippen LogP contribution >= 0.6 is 11.6 Å². The van der Waals surface area contributed by atoms with Crippen LogP contribution in [0.25, 0.3) is 0 Å². The van der Waals surface area contributed by atoms with Gasteiger partial charge in [0, 0.05) is 5.56 Å². The fraction of sp³-hybridized carbons (Fsp3) is 0. The lowest BCUT2D eigenvalue weighted by atomic mass is 10.2. The van der Waals surface area contributed by atoms with Gasteiger partial charge in [-0.3, -0.25) is 0 Å². The van der Waals surface area contributed by atoms with Gasteiger partial charge < -0.3 is 11.5 Å². The molecule has 0 saturated carbocycles. The zero-order valence-corrected chi connectivity index (χ0v) is 7.55. The van der Waals surface area contributed by atoms with E-state index in [9.17, 15) is 0 Å². The molecule has 1 aromatic carbocycles. The van der Waals surface area contributed by atoms with Crippen molar-refractivity contribution >= 4 is 23.1 Å². The SMILES string of the molecule is NN/N=C(\N)c1ccc(Cl)c(N)c1. The van der Waals surface area contributed by atoms with Crippen molar-refractivity contribution in [2.24, 2.45) is 16.7 Å². The third-order valence-electron chi connectivity index (χ3n) is 1.48. The lowest BCUT2D eigenvalue weighted by Crippen LogP contribution is -2.23. The molecular weight excluding hydrogens is 190 g/mol. The van der Waals surface area contributed by atoms with Crippen LogP contribution in [-0.2, 0) is 0 Å². The molecule has 7 N–H and O–H groups in total. The minimum atomic E-state index is 0.255. The summed E-state index contributed by atoms with van der Waals surface area (Å²) >= 11 is 5.72. The Morgan fingerprint density at radius 2 is 2.15 bits per heavy atom. The molecule has 6 heteroatoms. The predicted molar refractivity (Wildman–Crippen MR) is 53.9 cm³/mol. The molecule has 0 unspecified atom stereocenters. The fourth-order valence-electron chi connectivity index (χ4n) is 0.837. The average Bonchev–Trinajstić information content (AvgIpc) is 2.10. The smallest absolute Gasteiger partial charge is 0.152 e. The van der Waals surface area contributed by atoms with Crippen LogP contribution in [0.4, 0.5) is 5.69 Å². The van der Waals surface area contributed by atoms with Gasteiger partial charge in [-0.05, 0) is 18.2 Å². The van der Waals surface area contributed by atoms with Crippen molar-refractivity contribution in [1.29, 1.82) is 0 Å². The molecule has 0 aromatic heterocycles. The minimum absolute atomic E-state index is 0.255. The first kappa shape index (κ1) is 9.63. The second kappa shape index (κ2) is 3.97. The second-order valence-electron chi connectivity index (χ2n) is 2.36. The van der Waals surface area contributed by atoms with E-state index in [0.717, 1.165) is 0 Å². The number of nitrogens with two attached hydrogens (primary N) is 3. The zero-order valence-electron chi connectivity index (χ0n) is 6.79. The van der Waals surface area contributed by atoms with Gasteiger partial charge in [0.1, 0.15) is 0 Å². The number of anilines is 1. The Morgan fingerprint density at radius 3 is 2.69 bits per heavy atom. The minimum Gasteiger partial charge on any atom is -0.398 e. The Balaban J connectivity index is 3.04. The van der Waals surface area contributed by atoms with Crippen LogP contribution in [0.2, 0.25) is 5.02 Å². The Bertz CT molecular complexity index is 336. The Hall–Kier alpha value is -1.46. The van der Waals surface area contributed by atoms with E-state index in [1.165, 1.54) is 0 Å². The summed E-state index contributed by atoms with van der Waals surface area (Å²) in [5.41, 5.74) is 14.3. The third kappa shape index (κ3) is 2.24. The Labute approximate surface area is 80.5 Å². The molecule has 0 aliphatic carbocycles. The van der Waals surface area contributed by atoms with Gasteiger partial charge in [0.05, 0.1) is 10.7 Å². The van der Waals surface area contributed by atoms with Gasteiger partial charge in [-0.25, -0.2) is 11.4 Å². The number of halogens is 1. The van der Waals surface area contributed by atoms with Crippen molar-refractivity contribution in [3.8, 4) is 0 Å². The molecule has 0 atom stereocenters. The average molecular weight is 200 g/mol. The molecule has 1 aromatic rings. The molecule has 1 rings (SSSR count). The highest BCUT2D eigenvalue weighted by molar-refractivity contribution is 6.33. The van der Waals surface area contributed by atoms with Crippen LogP contribution < -0.4 is 22.8 Å². The Morgan fingerprint density at radius 1 is 1.46 bits per heavy atom. The van der Waals surface area contributed by atoms with Crippen molar-refractivity contribution in [2.45, 2.75) is 0 Å². The molecule has 0 heterocycles. The van der Waals surface area contributed by atoms with E-state index in [-0.39, 0.29) is 5.84 Å². The van der Waals surface area contributed by atoms with Gasteiger partial charge in [0.25, 0.3) is 0 Å². The number of rotatable bonds is 2. The quantitative estimate of drug-likeness (QED) is 0.177. The van der Waals surface area contributed by atoms with Crippen LogP contribution in [-0.4, -0.2) is 5.84 Å². The number of nitrogens with zero attached hydrogens (tertiary/aromatic N) is 1. The number of hydrazine groups is 1. The van der Waals surface area contributed by atoms with E-state index in [1.54, 1.807) is 18.2 Å². The maximum absolute atomic E-state index is 5.72. The summed E-state index contributed by atoms with van der Waals surface area (Å²) in [6.45, 7) is 0. The van der Waals surface area contributed by atoms with E-state index >= 15 is 0 Å². The number of nitrogens with one attached hydrogen (secondary N) is 1. The summed E-state index contributed by atoms with van der Waals surface area (Å²) in [7, 11) is 0. The van der Waals surface area contributed by atoms with Crippen LogP contribution in [0.1, 0.15) is 5.56 Å². The highest BCUT2D eigenvalue weighted by Gasteiger charge is 2.01. The normalized spacial score (nSPS) is 11.4. The maximum atomic E-state index is 5.72. The molecule has 70 valence electrons. The molecule has 13 heavy (non-hydrogen) atoms. The molecule has 0 amide bonds. The van der Waals surface area contributed by atoms with E-state index < -0.39 is 0 Å².